The SMILES string of the molecule is Cc1cn2cc(Br)cc(OCc3ccccc3)c2n1.Nc1ncc(Br)cc1OCc1ccccc1. The van der Waals surface area contributed by atoms with Gasteiger partial charge in [-0.3, -0.25) is 0 Å². The monoisotopic (exact) mass is 594 g/mol. The van der Waals surface area contributed by atoms with Crippen molar-refractivity contribution >= 4 is 43.3 Å². The number of nitrogens with zero attached hydrogens (tertiary/aromatic N) is 3. The van der Waals surface area contributed by atoms with Crippen molar-refractivity contribution in [2.24, 2.45) is 0 Å². The third-order valence-electron chi connectivity index (χ3n) is 4.93. The van der Waals surface area contributed by atoms with E-state index in [1.54, 1.807) is 6.20 Å². The number of pyridine rings is 2. The molecule has 0 saturated carbocycles. The van der Waals surface area contributed by atoms with E-state index in [0.29, 0.717) is 24.8 Å². The Morgan fingerprint density at radius 1 is 0.800 bits per heavy atom. The van der Waals surface area contributed by atoms with Crippen molar-refractivity contribution in [1.82, 2.24) is 14.4 Å². The molecule has 2 N–H and O–H groups in total. The third-order valence-corrected chi connectivity index (χ3v) is 5.79. The Morgan fingerprint density at radius 3 is 2.00 bits per heavy atom. The van der Waals surface area contributed by atoms with E-state index in [1.807, 2.05) is 96.5 Å². The van der Waals surface area contributed by atoms with Crippen molar-refractivity contribution < 1.29 is 9.47 Å². The molecule has 35 heavy (non-hydrogen) atoms. The Morgan fingerprint density at radius 2 is 1.37 bits per heavy atom. The summed E-state index contributed by atoms with van der Waals surface area (Å²) in [7, 11) is 0. The molecule has 0 aliphatic heterocycles. The van der Waals surface area contributed by atoms with Crippen LogP contribution in [0, 0.1) is 6.92 Å². The second-order valence-corrected chi connectivity index (χ2v) is 9.55. The molecule has 2 aromatic carbocycles. The highest BCUT2D eigenvalue weighted by molar-refractivity contribution is 9.10. The summed E-state index contributed by atoms with van der Waals surface area (Å²) in [6.45, 7) is 3.00. The third kappa shape index (κ3) is 7.07. The van der Waals surface area contributed by atoms with Gasteiger partial charge in [0.25, 0.3) is 0 Å². The molecule has 0 spiro atoms. The number of aryl methyl sites for hydroxylation is 1. The van der Waals surface area contributed by atoms with Crippen LogP contribution in [0.1, 0.15) is 16.8 Å². The highest BCUT2D eigenvalue weighted by Crippen LogP contribution is 2.25. The summed E-state index contributed by atoms with van der Waals surface area (Å²) >= 11 is 6.81. The topological polar surface area (TPSA) is 74.7 Å². The molecule has 0 aliphatic rings. The number of anilines is 1. The van der Waals surface area contributed by atoms with Crippen molar-refractivity contribution in [3.63, 3.8) is 0 Å². The number of hydrogen-bond acceptors (Lipinski definition) is 5. The van der Waals surface area contributed by atoms with Gasteiger partial charge in [0.15, 0.2) is 23.0 Å². The van der Waals surface area contributed by atoms with Gasteiger partial charge in [0, 0.05) is 27.5 Å². The second kappa shape index (κ2) is 11.9. The first-order chi connectivity index (χ1) is 17.0. The zero-order chi connectivity index (χ0) is 24.6. The van der Waals surface area contributed by atoms with Gasteiger partial charge in [-0.25, -0.2) is 9.97 Å². The van der Waals surface area contributed by atoms with Crippen molar-refractivity contribution in [3.05, 3.63) is 117 Å². The first kappa shape index (κ1) is 24.8. The number of nitrogens with two attached hydrogens (primary N) is 1. The number of nitrogen functional groups attached to an aromatic ring is 1. The average molecular weight is 596 g/mol. The summed E-state index contributed by atoms with van der Waals surface area (Å²) in [6.07, 6.45) is 5.60. The first-order valence-corrected chi connectivity index (χ1v) is 12.5. The van der Waals surface area contributed by atoms with E-state index < -0.39 is 0 Å². The van der Waals surface area contributed by atoms with Gasteiger partial charge >= 0.3 is 0 Å². The van der Waals surface area contributed by atoms with Gasteiger partial charge in [-0.15, -0.1) is 0 Å². The fourth-order valence-corrected chi connectivity index (χ4v) is 4.02. The number of aromatic nitrogens is 3. The highest BCUT2D eigenvalue weighted by Gasteiger charge is 2.08. The van der Waals surface area contributed by atoms with Gasteiger partial charge in [0.1, 0.15) is 13.2 Å². The van der Waals surface area contributed by atoms with E-state index in [4.69, 9.17) is 15.2 Å². The molecule has 178 valence electrons. The minimum absolute atomic E-state index is 0.402. The molecule has 3 heterocycles. The first-order valence-electron chi connectivity index (χ1n) is 10.9. The molecule has 0 saturated heterocycles. The minimum atomic E-state index is 0.402. The van der Waals surface area contributed by atoms with Gasteiger partial charge in [0.2, 0.25) is 0 Å². The van der Waals surface area contributed by atoms with Crippen LogP contribution in [0.15, 0.2) is 100 Å². The fraction of sp³-hybridized carbons (Fsp3) is 0.111. The number of ether oxygens (including phenoxy) is 2. The normalized spacial score (nSPS) is 10.5. The lowest BCUT2D eigenvalue weighted by Gasteiger charge is -2.08. The van der Waals surface area contributed by atoms with Crippen LogP contribution in [-0.4, -0.2) is 14.4 Å². The summed E-state index contributed by atoms with van der Waals surface area (Å²) in [5, 5.41) is 0. The van der Waals surface area contributed by atoms with Crippen molar-refractivity contribution in [2.45, 2.75) is 20.1 Å². The molecular weight excluding hydrogens is 572 g/mol. The van der Waals surface area contributed by atoms with Crippen LogP contribution in [0.25, 0.3) is 5.65 Å². The molecule has 6 nitrogen and oxygen atoms in total. The molecule has 0 aliphatic carbocycles. The zero-order valence-electron chi connectivity index (χ0n) is 19.1. The molecular formula is C27H24Br2N4O2. The Balaban J connectivity index is 0.000000168. The lowest BCUT2D eigenvalue weighted by molar-refractivity contribution is 0.307. The van der Waals surface area contributed by atoms with Crippen LogP contribution >= 0.6 is 31.9 Å². The van der Waals surface area contributed by atoms with Crippen LogP contribution in [-0.2, 0) is 13.2 Å². The molecule has 0 bridgehead atoms. The van der Waals surface area contributed by atoms with E-state index in [2.05, 4.69) is 41.8 Å². The summed E-state index contributed by atoms with van der Waals surface area (Å²) in [4.78, 5) is 8.48. The standard InChI is InChI=1S/C15H13BrN2O.C12H11BrN2O/c1-11-8-18-9-13(16)7-14(15(18)17-11)19-10-12-5-3-2-4-6-12;13-10-6-11(12(14)15-7-10)16-8-9-4-2-1-3-5-9/h2-9H,10H2,1H3;1-7H,8H2,(H2,14,15). The molecule has 3 aromatic heterocycles. The number of benzene rings is 2. The van der Waals surface area contributed by atoms with Gasteiger partial charge in [0.05, 0.1) is 5.69 Å². The van der Waals surface area contributed by atoms with E-state index in [1.165, 1.54) is 0 Å². The van der Waals surface area contributed by atoms with Gasteiger partial charge in [-0.05, 0) is 62.0 Å². The summed E-state index contributed by atoms with van der Waals surface area (Å²) in [5.74, 6) is 1.78. The smallest absolute Gasteiger partial charge is 0.180 e. The Kier molecular flexibility index (Phi) is 8.39. The largest absolute Gasteiger partial charge is 0.485 e. The number of rotatable bonds is 6. The van der Waals surface area contributed by atoms with Crippen molar-refractivity contribution in [1.29, 1.82) is 0 Å². The molecule has 0 atom stereocenters. The number of imidazole rings is 1. The van der Waals surface area contributed by atoms with Gasteiger partial charge in [-0.2, -0.15) is 0 Å². The number of fused-ring (bicyclic) bond motifs is 1. The molecule has 5 aromatic rings. The predicted octanol–water partition coefficient (Wildman–Crippen LogP) is 6.99. The molecule has 5 rings (SSSR count). The maximum atomic E-state index is 5.89. The van der Waals surface area contributed by atoms with Gasteiger partial charge < -0.3 is 19.6 Å². The number of hydrogen-bond donors (Lipinski definition) is 1. The van der Waals surface area contributed by atoms with Crippen LogP contribution < -0.4 is 15.2 Å². The van der Waals surface area contributed by atoms with Crippen molar-refractivity contribution in [2.75, 3.05) is 5.73 Å². The molecule has 8 heteroatoms. The lowest BCUT2D eigenvalue weighted by atomic mass is 10.2. The minimum Gasteiger partial charge on any atom is -0.485 e. The van der Waals surface area contributed by atoms with Crippen LogP contribution in [0.4, 0.5) is 5.82 Å². The van der Waals surface area contributed by atoms with Gasteiger partial charge in [-0.1, -0.05) is 60.7 Å². The Bertz CT molecular complexity index is 1390. The molecule has 0 fully saturated rings. The zero-order valence-corrected chi connectivity index (χ0v) is 22.2. The summed E-state index contributed by atoms with van der Waals surface area (Å²) in [5.41, 5.74) is 9.76. The number of halogens is 2. The fourth-order valence-electron chi connectivity index (χ4n) is 3.28. The van der Waals surface area contributed by atoms with E-state index in [-0.39, 0.29) is 0 Å². The van der Waals surface area contributed by atoms with Crippen LogP contribution in [0.5, 0.6) is 11.5 Å². The predicted molar refractivity (Wildman–Crippen MR) is 146 cm³/mol. The van der Waals surface area contributed by atoms with E-state index >= 15 is 0 Å². The van der Waals surface area contributed by atoms with Crippen molar-refractivity contribution in [3.8, 4) is 11.5 Å². The highest BCUT2D eigenvalue weighted by atomic mass is 79.9. The average Bonchev–Trinajstić information content (AvgIpc) is 3.24. The quantitative estimate of drug-likeness (QED) is 0.229. The van der Waals surface area contributed by atoms with E-state index in [0.717, 1.165) is 37.2 Å². The maximum Gasteiger partial charge on any atom is 0.180 e. The maximum absolute atomic E-state index is 5.89. The Labute approximate surface area is 221 Å². The summed E-state index contributed by atoms with van der Waals surface area (Å²) < 4.78 is 15.3. The second-order valence-electron chi connectivity index (χ2n) is 7.72. The molecule has 0 radical (unpaired) electrons. The molecule has 0 amide bonds. The van der Waals surface area contributed by atoms with Crippen LogP contribution in [0.2, 0.25) is 0 Å². The lowest BCUT2D eigenvalue weighted by Crippen LogP contribution is -2.00. The van der Waals surface area contributed by atoms with E-state index in [9.17, 15) is 0 Å². The van der Waals surface area contributed by atoms with Crippen LogP contribution in [0.3, 0.4) is 0 Å². The molecule has 0 unspecified atom stereocenters. The summed E-state index contributed by atoms with van der Waals surface area (Å²) in [6, 6.07) is 23.8. The Hall–Kier alpha value is -3.36.